The van der Waals surface area contributed by atoms with Gasteiger partial charge in [0.15, 0.2) is 0 Å². The average Bonchev–Trinajstić information content (AvgIpc) is 3.00. The van der Waals surface area contributed by atoms with Crippen LogP contribution in [0.2, 0.25) is 0 Å². The van der Waals surface area contributed by atoms with Crippen molar-refractivity contribution in [3.8, 4) is 0 Å². The minimum Gasteiger partial charge on any atom is -0.314 e. The molecule has 1 aromatic carbocycles. The van der Waals surface area contributed by atoms with Crippen molar-refractivity contribution in [2.24, 2.45) is 0 Å². The van der Waals surface area contributed by atoms with Gasteiger partial charge in [0.25, 0.3) is 0 Å². The number of rotatable bonds is 4. The molecule has 1 saturated carbocycles. The van der Waals surface area contributed by atoms with Gasteiger partial charge in [0.2, 0.25) is 0 Å². The van der Waals surface area contributed by atoms with E-state index in [0.29, 0.717) is 0 Å². The molecule has 1 heterocycles. The summed E-state index contributed by atoms with van der Waals surface area (Å²) in [6.07, 6.45) is 3.64. The van der Waals surface area contributed by atoms with Crippen LogP contribution < -0.4 is 5.32 Å². The lowest BCUT2D eigenvalue weighted by Crippen LogP contribution is -2.19. The number of hydrogen-bond acceptors (Lipinski definition) is 2. The molecule has 1 aromatic heterocycles. The maximum absolute atomic E-state index is 13.5. The van der Waals surface area contributed by atoms with Gasteiger partial charge in [-0.2, -0.15) is 0 Å². The third-order valence-corrected chi connectivity index (χ3v) is 4.09. The molecule has 1 nitrogen and oxygen atoms in total. The Hall–Kier alpha value is -0.930. The molecular weight excluding hydrogens is 221 g/mol. The van der Waals surface area contributed by atoms with Gasteiger partial charge in [-0.05, 0) is 48.2 Å². The third kappa shape index (κ3) is 1.97. The minimum absolute atomic E-state index is 0.0936. The first-order valence-electron chi connectivity index (χ1n) is 5.72. The lowest BCUT2D eigenvalue weighted by Gasteiger charge is -2.01. The molecule has 2 aromatic rings. The monoisotopic (exact) mass is 235 g/mol. The Labute approximate surface area is 98.3 Å². The van der Waals surface area contributed by atoms with Gasteiger partial charge in [0, 0.05) is 6.04 Å². The van der Waals surface area contributed by atoms with E-state index in [9.17, 15) is 4.39 Å². The van der Waals surface area contributed by atoms with E-state index in [1.54, 1.807) is 6.07 Å². The van der Waals surface area contributed by atoms with E-state index in [1.807, 2.05) is 6.07 Å². The van der Waals surface area contributed by atoms with Crippen LogP contribution in [0.25, 0.3) is 10.1 Å². The molecule has 1 N–H and O–H groups in total. The molecule has 0 saturated heterocycles. The van der Waals surface area contributed by atoms with Gasteiger partial charge in [-0.15, -0.1) is 11.3 Å². The smallest absolute Gasteiger partial charge is 0.140 e. The Kier molecular flexibility index (Phi) is 2.65. The molecule has 0 unspecified atom stereocenters. The topological polar surface area (TPSA) is 12.0 Å². The van der Waals surface area contributed by atoms with Crippen LogP contribution in [0.15, 0.2) is 23.6 Å². The number of hydrogen-bond donors (Lipinski definition) is 1. The number of halogens is 1. The fraction of sp³-hybridized carbons (Fsp3) is 0.385. The second-order valence-corrected chi connectivity index (χ2v) is 5.24. The number of nitrogens with one attached hydrogen (secondary N) is 1. The first kappa shape index (κ1) is 10.2. The summed E-state index contributed by atoms with van der Waals surface area (Å²) in [5.74, 6) is -0.0936. The van der Waals surface area contributed by atoms with Crippen LogP contribution in [0.5, 0.6) is 0 Å². The molecule has 0 aliphatic heterocycles. The third-order valence-electron chi connectivity index (χ3n) is 3.04. The molecule has 16 heavy (non-hydrogen) atoms. The predicted octanol–water partition coefficient (Wildman–Crippen LogP) is 3.33. The van der Waals surface area contributed by atoms with Gasteiger partial charge < -0.3 is 5.32 Å². The van der Waals surface area contributed by atoms with Crippen molar-refractivity contribution in [3.05, 3.63) is 35.0 Å². The van der Waals surface area contributed by atoms with Crippen molar-refractivity contribution in [2.45, 2.75) is 25.3 Å². The minimum atomic E-state index is -0.0936. The van der Waals surface area contributed by atoms with Crippen molar-refractivity contribution in [2.75, 3.05) is 6.54 Å². The quantitative estimate of drug-likeness (QED) is 0.857. The SMILES string of the molecule is Fc1cccc2c(CCNC3CC3)csc12. The van der Waals surface area contributed by atoms with Crippen molar-refractivity contribution < 1.29 is 4.39 Å². The van der Waals surface area contributed by atoms with Gasteiger partial charge in [-0.1, -0.05) is 12.1 Å². The van der Waals surface area contributed by atoms with Gasteiger partial charge in [-0.25, -0.2) is 4.39 Å². The highest BCUT2D eigenvalue weighted by molar-refractivity contribution is 7.17. The second-order valence-electron chi connectivity index (χ2n) is 4.36. The number of benzene rings is 1. The molecule has 1 aliphatic carbocycles. The van der Waals surface area contributed by atoms with Crippen LogP contribution >= 0.6 is 11.3 Å². The summed E-state index contributed by atoms with van der Waals surface area (Å²) in [6.45, 7) is 1.01. The summed E-state index contributed by atoms with van der Waals surface area (Å²) < 4.78 is 14.3. The summed E-state index contributed by atoms with van der Waals surface area (Å²) in [6, 6.07) is 6.09. The van der Waals surface area contributed by atoms with Crippen LogP contribution in [0.1, 0.15) is 18.4 Å². The molecule has 1 aliphatic rings. The molecule has 1 fully saturated rings. The zero-order valence-electron chi connectivity index (χ0n) is 9.00. The van der Waals surface area contributed by atoms with Crippen LogP contribution in [-0.4, -0.2) is 12.6 Å². The van der Waals surface area contributed by atoms with Crippen LogP contribution in [-0.2, 0) is 6.42 Å². The number of fused-ring (bicyclic) bond motifs is 1. The zero-order valence-corrected chi connectivity index (χ0v) is 9.82. The molecule has 0 radical (unpaired) electrons. The molecular formula is C13H14FNS. The Morgan fingerprint density at radius 2 is 2.25 bits per heavy atom. The Balaban J connectivity index is 1.77. The van der Waals surface area contributed by atoms with Crippen LogP contribution in [0.4, 0.5) is 4.39 Å². The highest BCUT2D eigenvalue weighted by Gasteiger charge is 2.19. The normalized spacial score (nSPS) is 15.8. The molecule has 0 bridgehead atoms. The molecule has 0 atom stereocenters. The zero-order chi connectivity index (χ0) is 11.0. The Morgan fingerprint density at radius 3 is 3.06 bits per heavy atom. The van der Waals surface area contributed by atoms with E-state index in [2.05, 4.69) is 10.7 Å². The van der Waals surface area contributed by atoms with Gasteiger partial charge in [0.1, 0.15) is 5.82 Å². The first-order chi connectivity index (χ1) is 7.84. The van der Waals surface area contributed by atoms with Gasteiger partial charge >= 0.3 is 0 Å². The number of thiophene rings is 1. The summed E-state index contributed by atoms with van der Waals surface area (Å²) in [7, 11) is 0. The lowest BCUT2D eigenvalue weighted by molar-refractivity contribution is 0.641. The summed E-state index contributed by atoms with van der Waals surface area (Å²) in [5.41, 5.74) is 1.27. The second kappa shape index (κ2) is 4.15. The van der Waals surface area contributed by atoms with E-state index in [0.717, 1.165) is 29.1 Å². The van der Waals surface area contributed by atoms with Gasteiger partial charge in [0.05, 0.1) is 4.70 Å². The fourth-order valence-corrected chi connectivity index (χ4v) is 2.98. The lowest BCUT2D eigenvalue weighted by atomic mass is 10.1. The van der Waals surface area contributed by atoms with Crippen molar-refractivity contribution in [3.63, 3.8) is 0 Å². The Bertz CT molecular complexity index is 502. The van der Waals surface area contributed by atoms with Crippen molar-refractivity contribution in [1.82, 2.24) is 5.32 Å². The Morgan fingerprint density at radius 1 is 1.38 bits per heavy atom. The van der Waals surface area contributed by atoms with Crippen LogP contribution in [0.3, 0.4) is 0 Å². The van der Waals surface area contributed by atoms with Crippen molar-refractivity contribution >= 4 is 21.4 Å². The average molecular weight is 235 g/mol. The molecule has 84 valence electrons. The highest BCUT2D eigenvalue weighted by Crippen LogP contribution is 2.28. The summed E-state index contributed by atoms with van der Waals surface area (Å²) >= 11 is 1.51. The fourth-order valence-electron chi connectivity index (χ4n) is 1.97. The molecule has 0 spiro atoms. The van der Waals surface area contributed by atoms with E-state index < -0.39 is 0 Å². The van der Waals surface area contributed by atoms with Gasteiger partial charge in [-0.3, -0.25) is 0 Å². The van der Waals surface area contributed by atoms with E-state index >= 15 is 0 Å². The first-order valence-corrected chi connectivity index (χ1v) is 6.60. The predicted molar refractivity (Wildman–Crippen MR) is 66.5 cm³/mol. The summed E-state index contributed by atoms with van der Waals surface area (Å²) in [5, 5.41) is 6.66. The molecule has 3 heteroatoms. The van der Waals surface area contributed by atoms with Crippen LogP contribution in [0, 0.1) is 5.82 Å². The van der Waals surface area contributed by atoms with E-state index in [4.69, 9.17) is 0 Å². The summed E-state index contributed by atoms with van der Waals surface area (Å²) in [4.78, 5) is 0. The van der Waals surface area contributed by atoms with E-state index in [1.165, 1.54) is 35.8 Å². The highest BCUT2D eigenvalue weighted by atomic mass is 32.1. The largest absolute Gasteiger partial charge is 0.314 e. The molecule has 3 rings (SSSR count). The van der Waals surface area contributed by atoms with Crippen molar-refractivity contribution in [1.29, 1.82) is 0 Å². The maximum Gasteiger partial charge on any atom is 0.140 e. The van der Waals surface area contributed by atoms with E-state index in [-0.39, 0.29) is 5.82 Å². The standard InChI is InChI=1S/C13H14FNS/c14-12-3-1-2-11-9(8-16-13(11)12)6-7-15-10-4-5-10/h1-3,8,10,15H,4-7H2. The maximum atomic E-state index is 13.5. The molecule has 0 amide bonds.